The normalized spacial score (nSPS) is 11.0. The van der Waals surface area contributed by atoms with E-state index in [9.17, 15) is 9.90 Å². The Labute approximate surface area is 138 Å². The van der Waals surface area contributed by atoms with E-state index in [4.69, 9.17) is 0 Å². The zero-order valence-corrected chi connectivity index (χ0v) is 13.6. The molecule has 0 fully saturated rings. The summed E-state index contributed by atoms with van der Waals surface area (Å²) in [5.74, 6) is 0.746. The van der Waals surface area contributed by atoms with E-state index < -0.39 is 6.09 Å². The van der Waals surface area contributed by atoms with Gasteiger partial charge in [-0.1, -0.05) is 17.7 Å². The average Bonchev–Trinajstić information content (AvgIpc) is 2.94. The monoisotopic (exact) mass is 326 g/mol. The number of anilines is 3. The van der Waals surface area contributed by atoms with Crippen molar-refractivity contribution >= 4 is 29.2 Å². The van der Waals surface area contributed by atoms with Crippen molar-refractivity contribution in [3.05, 3.63) is 42.2 Å². The van der Waals surface area contributed by atoms with Crippen LogP contribution in [0.5, 0.6) is 0 Å². The van der Waals surface area contributed by atoms with Crippen LogP contribution in [0, 0.1) is 6.92 Å². The molecule has 0 radical (unpaired) electrons. The Hall–Kier alpha value is -3.16. The molecule has 0 atom stereocenters. The minimum absolute atomic E-state index is 0.238. The van der Waals surface area contributed by atoms with Crippen molar-refractivity contribution in [1.82, 2.24) is 19.6 Å². The third-order valence-electron chi connectivity index (χ3n) is 3.56. The van der Waals surface area contributed by atoms with Crippen molar-refractivity contribution in [3.63, 3.8) is 0 Å². The van der Waals surface area contributed by atoms with E-state index in [2.05, 4.69) is 20.5 Å². The van der Waals surface area contributed by atoms with Crippen LogP contribution >= 0.6 is 0 Å². The first-order chi connectivity index (χ1) is 11.5. The maximum absolute atomic E-state index is 11.5. The van der Waals surface area contributed by atoms with Crippen molar-refractivity contribution in [2.24, 2.45) is 0 Å². The average molecular weight is 326 g/mol. The summed E-state index contributed by atoms with van der Waals surface area (Å²) in [4.78, 5) is 17.0. The van der Waals surface area contributed by atoms with Gasteiger partial charge in [0.15, 0.2) is 5.82 Å². The van der Waals surface area contributed by atoms with Gasteiger partial charge >= 0.3 is 6.09 Å². The van der Waals surface area contributed by atoms with E-state index in [-0.39, 0.29) is 12.0 Å². The molecular weight excluding hydrogens is 308 g/mol. The number of amides is 1. The van der Waals surface area contributed by atoms with Crippen LogP contribution in [-0.4, -0.2) is 36.8 Å². The summed E-state index contributed by atoms with van der Waals surface area (Å²) in [5, 5.41) is 20.7. The minimum Gasteiger partial charge on any atom is -0.465 e. The molecule has 1 amide bonds. The highest BCUT2D eigenvalue weighted by atomic mass is 16.4. The molecule has 0 unspecified atom stereocenters. The Kier molecular flexibility index (Phi) is 4.03. The van der Waals surface area contributed by atoms with Crippen LogP contribution in [0.2, 0.25) is 0 Å². The fraction of sp³-hybridized carbons (Fsp3) is 0.250. The lowest BCUT2D eigenvalue weighted by Crippen LogP contribution is -2.37. The smallest absolute Gasteiger partial charge is 0.414 e. The molecule has 0 aliphatic carbocycles. The molecule has 2 aromatic heterocycles. The molecule has 2 N–H and O–H groups in total. The maximum atomic E-state index is 11.5. The molecule has 3 rings (SSSR count). The van der Waals surface area contributed by atoms with E-state index in [1.807, 2.05) is 31.2 Å². The van der Waals surface area contributed by atoms with E-state index in [1.54, 1.807) is 30.6 Å². The number of fused-ring (bicyclic) bond motifs is 1. The van der Waals surface area contributed by atoms with Crippen molar-refractivity contribution in [2.45, 2.75) is 26.8 Å². The number of hydrogen-bond acceptors (Lipinski definition) is 5. The van der Waals surface area contributed by atoms with Crippen molar-refractivity contribution in [3.8, 4) is 0 Å². The van der Waals surface area contributed by atoms with Gasteiger partial charge in [-0.15, -0.1) is 10.2 Å². The van der Waals surface area contributed by atoms with Crippen LogP contribution in [0.1, 0.15) is 19.4 Å². The van der Waals surface area contributed by atoms with Crippen LogP contribution in [-0.2, 0) is 0 Å². The number of carboxylic acid groups (broad SMARTS) is 1. The van der Waals surface area contributed by atoms with Crippen LogP contribution < -0.4 is 10.2 Å². The van der Waals surface area contributed by atoms with Gasteiger partial charge in [0.25, 0.3) is 0 Å². The molecule has 124 valence electrons. The summed E-state index contributed by atoms with van der Waals surface area (Å²) in [5.41, 5.74) is 2.48. The summed E-state index contributed by atoms with van der Waals surface area (Å²) in [6.45, 7) is 5.57. The first kappa shape index (κ1) is 15.7. The third-order valence-corrected chi connectivity index (χ3v) is 3.56. The van der Waals surface area contributed by atoms with Crippen molar-refractivity contribution < 1.29 is 9.90 Å². The molecule has 0 aliphatic heterocycles. The predicted octanol–water partition coefficient (Wildman–Crippen LogP) is 3.07. The Bertz CT molecular complexity index is 872. The molecule has 0 saturated heterocycles. The van der Waals surface area contributed by atoms with Gasteiger partial charge in [-0.05, 0) is 32.9 Å². The summed E-state index contributed by atoms with van der Waals surface area (Å²) in [6.07, 6.45) is 2.14. The fourth-order valence-electron chi connectivity index (χ4n) is 2.38. The third kappa shape index (κ3) is 2.85. The quantitative estimate of drug-likeness (QED) is 0.765. The number of aryl methyl sites for hydroxylation is 1. The zero-order chi connectivity index (χ0) is 17.3. The summed E-state index contributed by atoms with van der Waals surface area (Å²) in [6, 6.07) is 7.59. The molecule has 0 bridgehead atoms. The molecule has 0 aliphatic rings. The Morgan fingerprint density at radius 2 is 1.96 bits per heavy atom. The van der Waals surface area contributed by atoms with Gasteiger partial charge in [-0.3, -0.25) is 4.40 Å². The molecular formula is C16H18N6O2. The van der Waals surface area contributed by atoms with Gasteiger partial charge in [0.2, 0.25) is 11.6 Å². The first-order valence-electron chi connectivity index (χ1n) is 7.53. The lowest BCUT2D eigenvalue weighted by Gasteiger charge is -2.20. The van der Waals surface area contributed by atoms with Gasteiger partial charge in [-0.25, -0.2) is 14.7 Å². The van der Waals surface area contributed by atoms with E-state index in [0.29, 0.717) is 11.5 Å². The number of rotatable bonds is 4. The van der Waals surface area contributed by atoms with Gasteiger partial charge in [0.05, 0.1) is 0 Å². The fourth-order valence-corrected chi connectivity index (χ4v) is 2.38. The Morgan fingerprint density at radius 1 is 1.25 bits per heavy atom. The number of nitrogens with one attached hydrogen (secondary N) is 1. The summed E-state index contributed by atoms with van der Waals surface area (Å²) >= 11 is 0. The molecule has 0 spiro atoms. The maximum Gasteiger partial charge on any atom is 0.414 e. The SMILES string of the molecule is Cc1ccc(Nc2nccn3c(N(C(=O)O)C(C)C)nnc23)cc1. The predicted molar refractivity (Wildman–Crippen MR) is 90.9 cm³/mol. The van der Waals surface area contributed by atoms with Gasteiger partial charge in [0.1, 0.15) is 0 Å². The lowest BCUT2D eigenvalue weighted by atomic mass is 10.2. The van der Waals surface area contributed by atoms with Gasteiger partial charge in [-0.2, -0.15) is 0 Å². The number of hydrogen-bond donors (Lipinski definition) is 2. The van der Waals surface area contributed by atoms with Crippen LogP contribution in [0.3, 0.4) is 0 Å². The number of benzene rings is 1. The van der Waals surface area contributed by atoms with Crippen LogP contribution in [0.4, 0.5) is 22.2 Å². The molecule has 1 aromatic carbocycles. The number of aromatic nitrogens is 4. The number of nitrogens with zero attached hydrogens (tertiary/aromatic N) is 5. The van der Waals surface area contributed by atoms with Crippen LogP contribution in [0.15, 0.2) is 36.7 Å². The largest absolute Gasteiger partial charge is 0.465 e. The molecule has 3 aromatic rings. The van der Waals surface area contributed by atoms with Crippen molar-refractivity contribution in [1.29, 1.82) is 0 Å². The van der Waals surface area contributed by atoms with E-state index in [0.717, 1.165) is 16.2 Å². The highest BCUT2D eigenvalue weighted by molar-refractivity contribution is 5.85. The van der Waals surface area contributed by atoms with Crippen LogP contribution in [0.25, 0.3) is 5.65 Å². The minimum atomic E-state index is -1.08. The lowest BCUT2D eigenvalue weighted by molar-refractivity contribution is 0.199. The number of carbonyl (C=O) groups is 1. The summed E-state index contributed by atoms with van der Waals surface area (Å²) < 4.78 is 1.61. The second kappa shape index (κ2) is 6.15. The standard InChI is InChI=1S/C16H18N6O2/c1-10(2)22(16(23)24)15-20-19-14-13(17-8-9-21(14)15)18-12-6-4-11(3)5-7-12/h4-10H,1-3H3,(H,17,18)(H,23,24). The second-order valence-electron chi connectivity index (χ2n) is 5.71. The molecule has 24 heavy (non-hydrogen) atoms. The van der Waals surface area contributed by atoms with Crippen molar-refractivity contribution in [2.75, 3.05) is 10.2 Å². The highest BCUT2D eigenvalue weighted by Gasteiger charge is 2.24. The van der Waals surface area contributed by atoms with E-state index in [1.165, 1.54) is 0 Å². The zero-order valence-electron chi connectivity index (χ0n) is 13.6. The van der Waals surface area contributed by atoms with E-state index >= 15 is 0 Å². The molecule has 8 nitrogen and oxygen atoms in total. The second-order valence-corrected chi connectivity index (χ2v) is 5.71. The molecule has 8 heteroatoms. The topological polar surface area (TPSA) is 95.7 Å². The molecule has 2 heterocycles. The Morgan fingerprint density at radius 3 is 2.58 bits per heavy atom. The molecule has 0 saturated carbocycles. The first-order valence-corrected chi connectivity index (χ1v) is 7.53. The highest BCUT2D eigenvalue weighted by Crippen LogP contribution is 2.23. The van der Waals surface area contributed by atoms with Gasteiger partial charge < -0.3 is 10.4 Å². The summed E-state index contributed by atoms with van der Waals surface area (Å²) in [7, 11) is 0. The Balaban J connectivity index is 2.03. The van der Waals surface area contributed by atoms with Gasteiger partial charge in [0, 0.05) is 24.1 Å².